The number of rotatable bonds is 0. The van der Waals surface area contributed by atoms with E-state index in [9.17, 15) is 9.59 Å². The molecule has 2 rings (SSSR count). The van der Waals surface area contributed by atoms with Gasteiger partial charge in [-0.15, -0.1) is 0 Å². The minimum atomic E-state index is -0.197. The molecule has 4 heteroatoms. The lowest BCUT2D eigenvalue weighted by Crippen LogP contribution is -2.31. The number of hydrogen-bond donors (Lipinski definition) is 2. The molecule has 1 heterocycles. The van der Waals surface area contributed by atoms with Crippen molar-refractivity contribution in [1.29, 1.82) is 0 Å². The van der Waals surface area contributed by atoms with Crippen LogP contribution >= 0.6 is 0 Å². The molecule has 2 atom stereocenters. The first-order valence-corrected chi connectivity index (χ1v) is 2.82. The van der Waals surface area contributed by atoms with Crippen molar-refractivity contribution >= 4 is 11.8 Å². The molecule has 2 fully saturated rings. The monoisotopic (exact) mass is 126 g/mol. The Labute approximate surface area is 51.4 Å². The topological polar surface area (TPSA) is 72.2 Å². The maximum atomic E-state index is 10.6. The van der Waals surface area contributed by atoms with Crippen molar-refractivity contribution in [3.8, 4) is 0 Å². The first-order chi connectivity index (χ1) is 4.22. The molecular formula is C5H6N2O2. The summed E-state index contributed by atoms with van der Waals surface area (Å²) in [4.78, 5) is 21.2. The smallest absolute Gasteiger partial charge is 0.232 e. The molecule has 0 aromatic carbocycles. The quantitative estimate of drug-likeness (QED) is 0.377. The molecule has 1 saturated heterocycles. The van der Waals surface area contributed by atoms with Crippen molar-refractivity contribution in [2.24, 2.45) is 17.6 Å². The molecule has 2 unspecified atom stereocenters. The second-order valence-corrected chi connectivity index (χ2v) is 2.48. The van der Waals surface area contributed by atoms with Crippen LogP contribution in [0, 0.1) is 11.8 Å². The number of piperidine rings is 1. The highest BCUT2D eigenvalue weighted by Gasteiger charge is 2.62. The number of hydrogen-bond acceptors (Lipinski definition) is 3. The van der Waals surface area contributed by atoms with Crippen LogP contribution in [-0.2, 0) is 9.59 Å². The summed E-state index contributed by atoms with van der Waals surface area (Å²) in [6.07, 6.45) is 0. The van der Waals surface area contributed by atoms with Crippen LogP contribution in [0.25, 0.3) is 0 Å². The Bertz CT molecular complexity index is 181. The summed E-state index contributed by atoms with van der Waals surface area (Å²) in [5, 5.41) is 2.19. The average Bonchev–Trinajstić information content (AvgIpc) is 2.30. The summed E-state index contributed by atoms with van der Waals surface area (Å²) in [5.74, 6) is -0.787. The molecule has 3 N–H and O–H groups in total. The fourth-order valence-corrected chi connectivity index (χ4v) is 1.30. The Morgan fingerprint density at radius 2 is 1.67 bits per heavy atom. The van der Waals surface area contributed by atoms with Gasteiger partial charge in [0.05, 0.1) is 11.8 Å². The molecule has 0 aromatic rings. The van der Waals surface area contributed by atoms with Crippen LogP contribution in [0.3, 0.4) is 0 Å². The van der Waals surface area contributed by atoms with Crippen molar-refractivity contribution in [3.63, 3.8) is 0 Å². The number of fused-ring (bicyclic) bond motifs is 1. The standard InChI is InChI=1S/C5H6N2O2/c6-3-1-2(3)5(9)7-4(1)8/h1-3H,6H2,(H,7,8,9). The van der Waals surface area contributed by atoms with E-state index in [1.807, 2.05) is 0 Å². The van der Waals surface area contributed by atoms with Gasteiger partial charge in [0.1, 0.15) is 0 Å². The van der Waals surface area contributed by atoms with Crippen LogP contribution < -0.4 is 11.1 Å². The second-order valence-electron chi connectivity index (χ2n) is 2.48. The molecule has 1 aliphatic carbocycles. The van der Waals surface area contributed by atoms with Crippen LogP contribution in [0.15, 0.2) is 0 Å². The van der Waals surface area contributed by atoms with Gasteiger partial charge in [0.2, 0.25) is 11.8 Å². The van der Waals surface area contributed by atoms with Crippen molar-refractivity contribution in [1.82, 2.24) is 5.32 Å². The summed E-state index contributed by atoms with van der Waals surface area (Å²) >= 11 is 0. The molecule has 9 heavy (non-hydrogen) atoms. The lowest BCUT2D eigenvalue weighted by molar-refractivity contribution is -0.127. The summed E-state index contributed by atoms with van der Waals surface area (Å²) < 4.78 is 0. The van der Waals surface area contributed by atoms with Crippen molar-refractivity contribution in [2.45, 2.75) is 6.04 Å². The van der Waals surface area contributed by atoms with E-state index < -0.39 is 0 Å². The van der Waals surface area contributed by atoms with E-state index in [1.165, 1.54) is 0 Å². The SMILES string of the molecule is NC1C2C(=O)NC(=O)C12. The average molecular weight is 126 g/mol. The van der Waals surface area contributed by atoms with Gasteiger partial charge in [-0.2, -0.15) is 0 Å². The number of amides is 2. The zero-order valence-electron chi connectivity index (χ0n) is 4.63. The molecule has 0 spiro atoms. The third kappa shape index (κ3) is 0.415. The molecule has 1 aliphatic heterocycles. The maximum Gasteiger partial charge on any atom is 0.232 e. The van der Waals surface area contributed by atoms with E-state index in [4.69, 9.17) is 5.73 Å². The zero-order chi connectivity index (χ0) is 6.59. The highest BCUT2D eigenvalue weighted by atomic mass is 16.2. The largest absolute Gasteiger partial charge is 0.326 e. The highest BCUT2D eigenvalue weighted by Crippen LogP contribution is 2.41. The minimum absolute atomic E-state index is 0.189. The Hall–Kier alpha value is -0.900. The predicted octanol–water partition coefficient (Wildman–Crippen LogP) is -1.78. The molecule has 0 aromatic heterocycles. The van der Waals surface area contributed by atoms with Crippen LogP contribution in [0.1, 0.15) is 0 Å². The molecular weight excluding hydrogens is 120 g/mol. The number of nitrogens with two attached hydrogens (primary N) is 1. The Morgan fingerprint density at radius 3 is 1.89 bits per heavy atom. The van der Waals surface area contributed by atoms with Gasteiger partial charge in [-0.3, -0.25) is 14.9 Å². The van der Waals surface area contributed by atoms with Crippen molar-refractivity contribution in [2.75, 3.05) is 0 Å². The van der Waals surface area contributed by atoms with E-state index in [2.05, 4.69) is 5.32 Å². The first-order valence-electron chi connectivity index (χ1n) is 2.82. The second kappa shape index (κ2) is 1.16. The third-order valence-corrected chi connectivity index (χ3v) is 1.93. The normalized spacial score (nSPS) is 46.6. The summed E-state index contributed by atoms with van der Waals surface area (Å²) in [7, 11) is 0. The first kappa shape index (κ1) is 4.93. The van der Waals surface area contributed by atoms with E-state index in [0.29, 0.717) is 0 Å². The zero-order valence-corrected chi connectivity index (χ0v) is 4.63. The molecule has 0 bridgehead atoms. The van der Waals surface area contributed by atoms with Crippen molar-refractivity contribution in [3.05, 3.63) is 0 Å². The summed E-state index contributed by atoms with van der Waals surface area (Å²) in [6, 6.07) is -0.189. The fraction of sp³-hybridized carbons (Fsp3) is 0.600. The van der Waals surface area contributed by atoms with E-state index in [-0.39, 0.29) is 29.7 Å². The Morgan fingerprint density at radius 1 is 1.22 bits per heavy atom. The van der Waals surface area contributed by atoms with Gasteiger partial charge in [-0.25, -0.2) is 0 Å². The van der Waals surface area contributed by atoms with E-state index >= 15 is 0 Å². The van der Waals surface area contributed by atoms with Gasteiger partial charge in [0.25, 0.3) is 0 Å². The molecule has 4 nitrogen and oxygen atoms in total. The predicted molar refractivity (Wildman–Crippen MR) is 28.1 cm³/mol. The van der Waals surface area contributed by atoms with Crippen LogP contribution in [0.2, 0.25) is 0 Å². The van der Waals surface area contributed by atoms with Gasteiger partial charge in [0, 0.05) is 6.04 Å². The molecule has 48 valence electrons. The Balaban J connectivity index is 2.28. The van der Waals surface area contributed by atoms with Gasteiger partial charge in [-0.1, -0.05) is 0 Å². The number of carbonyl (C=O) groups is 2. The van der Waals surface area contributed by atoms with E-state index in [1.54, 1.807) is 0 Å². The molecule has 2 aliphatic rings. The number of nitrogens with one attached hydrogen (secondary N) is 1. The minimum Gasteiger partial charge on any atom is -0.326 e. The highest BCUT2D eigenvalue weighted by molar-refractivity contribution is 6.10. The van der Waals surface area contributed by atoms with Gasteiger partial charge in [-0.05, 0) is 0 Å². The number of carbonyl (C=O) groups excluding carboxylic acids is 2. The lowest BCUT2D eigenvalue weighted by Gasteiger charge is -1.94. The summed E-state index contributed by atoms with van der Waals surface area (Å²) in [6.45, 7) is 0. The van der Waals surface area contributed by atoms with Crippen LogP contribution in [-0.4, -0.2) is 17.9 Å². The lowest BCUT2D eigenvalue weighted by atomic mass is 10.4. The van der Waals surface area contributed by atoms with E-state index in [0.717, 1.165) is 0 Å². The number of imide groups is 1. The molecule has 0 radical (unpaired) electrons. The van der Waals surface area contributed by atoms with Crippen LogP contribution in [0.4, 0.5) is 0 Å². The molecule has 1 saturated carbocycles. The van der Waals surface area contributed by atoms with Gasteiger partial charge >= 0.3 is 0 Å². The molecule has 2 amide bonds. The fourth-order valence-electron chi connectivity index (χ4n) is 1.30. The van der Waals surface area contributed by atoms with Crippen LogP contribution in [0.5, 0.6) is 0 Å². The van der Waals surface area contributed by atoms with Gasteiger partial charge < -0.3 is 5.73 Å². The summed E-state index contributed by atoms with van der Waals surface area (Å²) in [5.41, 5.74) is 5.37. The van der Waals surface area contributed by atoms with Crippen molar-refractivity contribution < 1.29 is 9.59 Å². The third-order valence-electron chi connectivity index (χ3n) is 1.93. The maximum absolute atomic E-state index is 10.6. The Kier molecular flexibility index (Phi) is 0.635. The van der Waals surface area contributed by atoms with Gasteiger partial charge in [0.15, 0.2) is 0 Å².